The second-order valence-corrected chi connectivity index (χ2v) is 5.19. The van der Waals surface area contributed by atoms with Crippen molar-refractivity contribution in [2.24, 2.45) is 5.92 Å². The molecule has 0 aliphatic rings. The van der Waals surface area contributed by atoms with Gasteiger partial charge in [-0.05, 0) is 17.9 Å². The zero-order valence-electron chi connectivity index (χ0n) is 12.5. The molecule has 0 saturated carbocycles. The molecule has 0 aromatic heterocycles. The van der Waals surface area contributed by atoms with E-state index >= 15 is 0 Å². The van der Waals surface area contributed by atoms with Crippen molar-refractivity contribution in [1.82, 2.24) is 5.32 Å². The van der Waals surface area contributed by atoms with Gasteiger partial charge in [0, 0.05) is 0 Å². The molecule has 0 saturated heterocycles. The standard InChI is InChI=1S/C16H20N2O3/c1-11(2)9-14(16(20)21-3)18-15(19)13(10-17)12-7-5-4-6-8-12/h4-8,11,13-14H,9H2,1-3H3,(H,18,19). The number of esters is 1. The van der Waals surface area contributed by atoms with E-state index in [-0.39, 0.29) is 5.92 Å². The van der Waals surface area contributed by atoms with Gasteiger partial charge in [-0.2, -0.15) is 5.26 Å². The lowest BCUT2D eigenvalue weighted by Crippen LogP contribution is -2.44. The molecular formula is C16H20N2O3. The predicted octanol–water partition coefficient (Wildman–Crippen LogP) is 2.00. The number of nitrogens with one attached hydrogen (secondary N) is 1. The van der Waals surface area contributed by atoms with Crippen LogP contribution in [-0.2, 0) is 14.3 Å². The van der Waals surface area contributed by atoms with Crippen LogP contribution in [0.1, 0.15) is 31.7 Å². The van der Waals surface area contributed by atoms with Crippen molar-refractivity contribution in [3.63, 3.8) is 0 Å². The second kappa shape index (κ2) is 8.05. The van der Waals surface area contributed by atoms with Gasteiger partial charge in [0.2, 0.25) is 5.91 Å². The fourth-order valence-electron chi connectivity index (χ4n) is 2.01. The van der Waals surface area contributed by atoms with Crippen LogP contribution in [0.2, 0.25) is 0 Å². The predicted molar refractivity (Wildman–Crippen MR) is 78.2 cm³/mol. The molecule has 1 aromatic carbocycles. The summed E-state index contributed by atoms with van der Waals surface area (Å²) in [5.74, 6) is -1.71. The van der Waals surface area contributed by atoms with Gasteiger partial charge in [-0.15, -0.1) is 0 Å². The van der Waals surface area contributed by atoms with E-state index in [0.717, 1.165) is 0 Å². The molecule has 0 heterocycles. The summed E-state index contributed by atoms with van der Waals surface area (Å²) in [6.07, 6.45) is 0.464. The first-order valence-electron chi connectivity index (χ1n) is 6.82. The molecule has 0 radical (unpaired) electrons. The molecule has 5 nitrogen and oxygen atoms in total. The van der Waals surface area contributed by atoms with Crippen molar-refractivity contribution < 1.29 is 14.3 Å². The molecule has 0 aliphatic carbocycles. The third-order valence-electron chi connectivity index (χ3n) is 3.03. The Morgan fingerprint density at radius 3 is 2.38 bits per heavy atom. The van der Waals surface area contributed by atoms with Crippen LogP contribution in [0.15, 0.2) is 30.3 Å². The van der Waals surface area contributed by atoms with Crippen molar-refractivity contribution in [3.8, 4) is 6.07 Å². The number of methoxy groups -OCH3 is 1. The van der Waals surface area contributed by atoms with E-state index in [4.69, 9.17) is 4.74 Å². The molecule has 2 atom stereocenters. The minimum absolute atomic E-state index is 0.215. The zero-order chi connectivity index (χ0) is 15.8. The molecule has 1 aromatic rings. The Bertz CT molecular complexity index is 520. The van der Waals surface area contributed by atoms with Gasteiger partial charge in [0.25, 0.3) is 0 Å². The number of ether oxygens (including phenoxy) is 1. The Hall–Kier alpha value is -2.35. The van der Waals surface area contributed by atoms with Crippen molar-refractivity contribution >= 4 is 11.9 Å². The number of hydrogen-bond donors (Lipinski definition) is 1. The van der Waals surface area contributed by atoms with Crippen LogP contribution in [0.3, 0.4) is 0 Å². The molecule has 0 fully saturated rings. The summed E-state index contributed by atoms with van der Waals surface area (Å²) in [4.78, 5) is 24.0. The Kier molecular flexibility index (Phi) is 6.41. The van der Waals surface area contributed by atoms with Crippen LogP contribution in [-0.4, -0.2) is 25.0 Å². The molecule has 2 unspecified atom stereocenters. The zero-order valence-corrected chi connectivity index (χ0v) is 12.5. The molecule has 0 spiro atoms. The van der Waals surface area contributed by atoms with Gasteiger partial charge in [-0.1, -0.05) is 44.2 Å². The summed E-state index contributed by atoms with van der Waals surface area (Å²) >= 11 is 0. The van der Waals surface area contributed by atoms with E-state index in [9.17, 15) is 14.9 Å². The molecule has 0 bridgehead atoms. The van der Waals surface area contributed by atoms with Gasteiger partial charge in [0.15, 0.2) is 0 Å². The van der Waals surface area contributed by atoms with E-state index in [2.05, 4.69) is 5.32 Å². The second-order valence-electron chi connectivity index (χ2n) is 5.19. The molecule has 112 valence electrons. The summed E-state index contributed by atoms with van der Waals surface area (Å²) in [6, 6.07) is 10.00. The number of carbonyl (C=O) groups excluding carboxylic acids is 2. The quantitative estimate of drug-likeness (QED) is 0.812. The Morgan fingerprint density at radius 1 is 1.29 bits per heavy atom. The first-order valence-corrected chi connectivity index (χ1v) is 6.82. The van der Waals surface area contributed by atoms with E-state index in [0.29, 0.717) is 12.0 Å². The molecule has 1 amide bonds. The van der Waals surface area contributed by atoms with Crippen molar-refractivity contribution in [2.75, 3.05) is 7.11 Å². The third-order valence-corrected chi connectivity index (χ3v) is 3.03. The van der Waals surface area contributed by atoms with Crippen LogP contribution in [0.4, 0.5) is 0 Å². The Labute approximate surface area is 124 Å². The number of nitriles is 1. The number of rotatable bonds is 6. The maximum absolute atomic E-state index is 12.2. The van der Waals surface area contributed by atoms with Gasteiger partial charge < -0.3 is 10.1 Å². The highest BCUT2D eigenvalue weighted by atomic mass is 16.5. The maximum Gasteiger partial charge on any atom is 0.328 e. The van der Waals surface area contributed by atoms with Gasteiger partial charge in [0.1, 0.15) is 12.0 Å². The van der Waals surface area contributed by atoms with E-state index < -0.39 is 23.8 Å². The lowest BCUT2D eigenvalue weighted by molar-refractivity contribution is -0.145. The fourth-order valence-corrected chi connectivity index (χ4v) is 2.01. The summed E-state index contributed by atoms with van der Waals surface area (Å²) in [5.41, 5.74) is 0.602. The van der Waals surface area contributed by atoms with Crippen molar-refractivity contribution in [2.45, 2.75) is 32.2 Å². The van der Waals surface area contributed by atoms with Crippen molar-refractivity contribution in [1.29, 1.82) is 5.26 Å². The Morgan fingerprint density at radius 2 is 1.90 bits per heavy atom. The lowest BCUT2D eigenvalue weighted by Gasteiger charge is -2.20. The maximum atomic E-state index is 12.2. The minimum Gasteiger partial charge on any atom is -0.467 e. The molecule has 1 rings (SSSR count). The van der Waals surface area contributed by atoms with Crippen LogP contribution in [0, 0.1) is 17.2 Å². The lowest BCUT2D eigenvalue weighted by atomic mass is 9.98. The highest BCUT2D eigenvalue weighted by Gasteiger charge is 2.27. The van der Waals surface area contributed by atoms with Gasteiger partial charge in [0.05, 0.1) is 13.2 Å². The third kappa shape index (κ3) is 4.92. The number of nitrogens with zero attached hydrogens (tertiary/aromatic N) is 1. The smallest absolute Gasteiger partial charge is 0.328 e. The van der Waals surface area contributed by atoms with Crippen LogP contribution >= 0.6 is 0 Å². The van der Waals surface area contributed by atoms with Crippen LogP contribution in [0.25, 0.3) is 0 Å². The monoisotopic (exact) mass is 288 g/mol. The molecular weight excluding hydrogens is 268 g/mol. The summed E-state index contributed by atoms with van der Waals surface area (Å²) in [7, 11) is 1.28. The average Bonchev–Trinajstić information content (AvgIpc) is 2.47. The molecule has 1 N–H and O–H groups in total. The minimum atomic E-state index is -0.939. The van der Waals surface area contributed by atoms with Gasteiger partial charge in [-0.3, -0.25) is 4.79 Å². The van der Waals surface area contributed by atoms with E-state index in [1.165, 1.54) is 7.11 Å². The van der Waals surface area contributed by atoms with E-state index in [1.54, 1.807) is 24.3 Å². The number of benzene rings is 1. The number of amides is 1. The summed E-state index contributed by atoms with van der Waals surface area (Å²) < 4.78 is 4.70. The Balaban J connectivity index is 2.85. The average molecular weight is 288 g/mol. The van der Waals surface area contributed by atoms with E-state index in [1.807, 2.05) is 26.0 Å². The molecule has 21 heavy (non-hydrogen) atoms. The summed E-state index contributed by atoms with van der Waals surface area (Å²) in [5, 5.41) is 11.8. The SMILES string of the molecule is COC(=O)C(CC(C)C)NC(=O)C(C#N)c1ccccc1. The first kappa shape index (κ1) is 16.7. The highest BCUT2D eigenvalue weighted by molar-refractivity contribution is 5.90. The normalized spacial score (nSPS) is 13.1. The first-order chi connectivity index (χ1) is 9.99. The van der Waals surface area contributed by atoms with Gasteiger partial charge >= 0.3 is 5.97 Å². The molecule has 0 aliphatic heterocycles. The fraction of sp³-hybridized carbons (Fsp3) is 0.438. The van der Waals surface area contributed by atoms with Crippen LogP contribution < -0.4 is 5.32 Å². The largest absolute Gasteiger partial charge is 0.467 e. The van der Waals surface area contributed by atoms with Crippen LogP contribution in [0.5, 0.6) is 0 Å². The summed E-state index contributed by atoms with van der Waals surface area (Å²) in [6.45, 7) is 3.89. The van der Waals surface area contributed by atoms with Crippen molar-refractivity contribution in [3.05, 3.63) is 35.9 Å². The molecule has 5 heteroatoms. The topological polar surface area (TPSA) is 79.2 Å². The van der Waals surface area contributed by atoms with Gasteiger partial charge in [-0.25, -0.2) is 4.79 Å². The number of hydrogen-bond acceptors (Lipinski definition) is 4. The highest BCUT2D eigenvalue weighted by Crippen LogP contribution is 2.16. The number of carbonyl (C=O) groups is 2.